The summed E-state index contributed by atoms with van der Waals surface area (Å²) >= 11 is 0. The molecule has 35 heavy (non-hydrogen) atoms. The Bertz CT molecular complexity index is 1310. The lowest BCUT2D eigenvalue weighted by molar-refractivity contribution is -0.116. The number of nitrogens with zero attached hydrogens (tertiary/aromatic N) is 3. The van der Waals surface area contributed by atoms with Gasteiger partial charge in [-0.3, -0.25) is 9.59 Å². The van der Waals surface area contributed by atoms with Crippen LogP contribution in [0.25, 0.3) is 10.9 Å². The summed E-state index contributed by atoms with van der Waals surface area (Å²) in [5.41, 5.74) is 9.69. The topological polar surface area (TPSA) is 115 Å². The molecule has 2 heterocycles. The minimum Gasteiger partial charge on any atom is -0.394 e. The zero-order valence-corrected chi connectivity index (χ0v) is 19.9. The molecule has 4 N–H and O–H groups in total. The molecule has 0 bridgehead atoms. The number of aliphatic hydroxyl groups excluding tert-OH is 1. The lowest BCUT2D eigenvalue weighted by Crippen LogP contribution is -2.15. The molecule has 0 aliphatic heterocycles. The van der Waals surface area contributed by atoms with Crippen molar-refractivity contribution in [3.63, 3.8) is 0 Å². The van der Waals surface area contributed by atoms with Crippen molar-refractivity contribution in [2.45, 2.75) is 45.2 Å². The number of imidazole rings is 1. The van der Waals surface area contributed by atoms with Crippen LogP contribution in [-0.2, 0) is 17.8 Å². The van der Waals surface area contributed by atoms with Crippen LogP contribution in [0, 0.1) is 6.92 Å². The van der Waals surface area contributed by atoms with Crippen molar-refractivity contribution in [2.24, 2.45) is 5.73 Å². The fourth-order valence-corrected chi connectivity index (χ4v) is 4.17. The number of aryl methyl sites for hydroxylation is 3. The van der Waals surface area contributed by atoms with Crippen molar-refractivity contribution >= 4 is 28.4 Å². The highest BCUT2D eigenvalue weighted by Gasteiger charge is 2.14. The van der Waals surface area contributed by atoms with Crippen molar-refractivity contribution in [2.75, 3.05) is 11.9 Å². The van der Waals surface area contributed by atoms with Crippen molar-refractivity contribution in [3.8, 4) is 0 Å². The number of nitrogens with one attached hydrogen (secondary N) is 1. The van der Waals surface area contributed by atoms with Gasteiger partial charge in [-0.1, -0.05) is 35.9 Å². The van der Waals surface area contributed by atoms with E-state index in [9.17, 15) is 14.7 Å². The van der Waals surface area contributed by atoms with E-state index in [0.717, 1.165) is 29.4 Å². The van der Waals surface area contributed by atoms with Gasteiger partial charge in [-0.2, -0.15) is 0 Å². The second kappa shape index (κ2) is 11.0. The number of aliphatic hydroxyl groups is 1. The molecule has 0 unspecified atom stereocenters. The number of anilines is 1. The monoisotopic (exact) mass is 473 g/mol. The van der Waals surface area contributed by atoms with E-state index in [1.165, 1.54) is 17.5 Å². The molecule has 1 atom stereocenters. The number of benzene rings is 2. The Labute approximate surface area is 204 Å². The van der Waals surface area contributed by atoms with Crippen LogP contribution >= 0.6 is 0 Å². The highest BCUT2D eigenvalue weighted by Crippen LogP contribution is 2.23. The van der Waals surface area contributed by atoms with Crippen molar-refractivity contribution in [1.29, 1.82) is 0 Å². The molecule has 182 valence electrons. The van der Waals surface area contributed by atoms with Crippen molar-refractivity contribution in [3.05, 3.63) is 84.1 Å². The van der Waals surface area contributed by atoms with Crippen LogP contribution in [0.2, 0.25) is 0 Å². The quantitative estimate of drug-likeness (QED) is 0.307. The summed E-state index contributed by atoms with van der Waals surface area (Å²) in [6.07, 6.45) is 7.83. The maximum absolute atomic E-state index is 12.5. The van der Waals surface area contributed by atoms with Gasteiger partial charge in [-0.15, -0.1) is 0 Å². The number of nitrogens with two attached hydrogens (primary N) is 1. The van der Waals surface area contributed by atoms with E-state index in [2.05, 4.69) is 46.1 Å². The van der Waals surface area contributed by atoms with Crippen LogP contribution < -0.4 is 11.1 Å². The van der Waals surface area contributed by atoms with Gasteiger partial charge in [0.15, 0.2) is 0 Å². The first-order valence-electron chi connectivity index (χ1n) is 11.8. The van der Waals surface area contributed by atoms with E-state index in [0.29, 0.717) is 19.4 Å². The Kier molecular flexibility index (Phi) is 7.62. The van der Waals surface area contributed by atoms with Crippen molar-refractivity contribution < 1.29 is 14.7 Å². The molecule has 2 aromatic carbocycles. The lowest BCUT2D eigenvalue weighted by Gasteiger charge is -2.16. The number of fused-ring (bicyclic) bond motifs is 1. The molecule has 0 saturated carbocycles. The third-order valence-electron chi connectivity index (χ3n) is 6.24. The van der Waals surface area contributed by atoms with E-state index in [1.807, 2.05) is 30.5 Å². The number of hydrogen-bond acceptors (Lipinski definition) is 4. The average molecular weight is 474 g/mol. The summed E-state index contributed by atoms with van der Waals surface area (Å²) < 4.78 is 3.81. The maximum Gasteiger partial charge on any atom is 0.268 e. The maximum atomic E-state index is 12.5. The molecule has 0 radical (unpaired) electrons. The Morgan fingerprint density at radius 3 is 2.66 bits per heavy atom. The number of rotatable bonds is 11. The fraction of sp³-hybridized carbons (Fsp3) is 0.296. The molecule has 8 heteroatoms. The average Bonchev–Trinajstić information content (AvgIpc) is 3.49. The number of carbonyl (C=O) groups excluding carboxylic acids is 2. The number of hydrogen-bond donors (Lipinski definition) is 3. The first-order valence-corrected chi connectivity index (χ1v) is 11.8. The predicted molar refractivity (Wildman–Crippen MR) is 136 cm³/mol. The number of carbonyl (C=O) groups is 2. The summed E-state index contributed by atoms with van der Waals surface area (Å²) in [7, 11) is 0. The van der Waals surface area contributed by atoms with E-state index in [4.69, 9.17) is 5.73 Å². The molecule has 0 fully saturated rings. The highest BCUT2D eigenvalue weighted by atomic mass is 16.3. The van der Waals surface area contributed by atoms with Gasteiger partial charge < -0.3 is 25.3 Å². The van der Waals surface area contributed by atoms with Crippen LogP contribution in [-0.4, -0.2) is 37.6 Å². The smallest absolute Gasteiger partial charge is 0.268 e. The molecular formula is C27H31N5O3. The lowest BCUT2D eigenvalue weighted by atomic mass is 10.1. The Morgan fingerprint density at radius 2 is 1.94 bits per heavy atom. The van der Waals surface area contributed by atoms with Gasteiger partial charge in [-0.25, -0.2) is 4.98 Å². The SMILES string of the molecule is Cc1ccc(CCCC(=O)Nc2ccc3ccn(CC[C@H](CO)n4cnc(C(N)=O)c4)c3c2)cc1. The van der Waals surface area contributed by atoms with Gasteiger partial charge in [0.2, 0.25) is 5.91 Å². The molecule has 2 aromatic heterocycles. The third kappa shape index (κ3) is 6.16. The summed E-state index contributed by atoms with van der Waals surface area (Å²) in [5.74, 6) is -0.596. The summed E-state index contributed by atoms with van der Waals surface area (Å²) in [6.45, 7) is 2.63. The highest BCUT2D eigenvalue weighted by molar-refractivity contribution is 5.93. The van der Waals surface area contributed by atoms with Crippen LogP contribution in [0.3, 0.4) is 0 Å². The third-order valence-corrected chi connectivity index (χ3v) is 6.24. The van der Waals surface area contributed by atoms with Gasteiger partial charge in [0.25, 0.3) is 5.91 Å². The summed E-state index contributed by atoms with van der Waals surface area (Å²) in [4.78, 5) is 27.8. The van der Waals surface area contributed by atoms with E-state index >= 15 is 0 Å². The molecule has 0 aliphatic rings. The summed E-state index contributed by atoms with van der Waals surface area (Å²) in [5, 5.41) is 13.9. The second-order valence-corrected chi connectivity index (χ2v) is 8.87. The molecule has 4 rings (SSSR count). The van der Waals surface area contributed by atoms with Gasteiger partial charge in [0.1, 0.15) is 5.69 Å². The van der Waals surface area contributed by atoms with Crippen LogP contribution in [0.5, 0.6) is 0 Å². The van der Waals surface area contributed by atoms with E-state index in [-0.39, 0.29) is 24.2 Å². The van der Waals surface area contributed by atoms with Crippen LogP contribution in [0.1, 0.15) is 46.9 Å². The second-order valence-electron chi connectivity index (χ2n) is 8.87. The standard InChI is InChI=1S/C27H31N5O3/c1-19-5-7-20(8-6-19)3-2-4-26(34)30-22-10-9-21-11-13-31(25(21)15-22)14-12-23(17-33)32-16-24(27(28)35)29-18-32/h5-11,13,15-16,18,23,33H,2-4,12,14,17H2,1H3,(H2,28,35)(H,30,34)/t23-/m1/s1. The molecule has 0 saturated heterocycles. The van der Waals surface area contributed by atoms with E-state index < -0.39 is 5.91 Å². The zero-order chi connectivity index (χ0) is 24.8. The van der Waals surface area contributed by atoms with Gasteiger partial charge in [-0.05, 0) is 55.3 Å². The molecule has 0 spiro atoms. The Morgan fingerprint density at radius 1 is 1.14 bits per heavy atom. The summed E-state index contributed by atoms with van der Waals surface area (Å²) in [6, 6.07) is 16.1. The number of primary amides is 1. The number of amides is 2. The van der Waals surface area contributed by atoms with Gasteiger partial charge >= 0.3 is 0 Å². The Balaban J connectivity index is 1.35. The molecule has 4 aromatic rings. The molecule has 2 amide bonds. The minimum absolute atomic E-state index is 0.000255. The normalized spacial score (nSPS) is 12.1. The Hall–Kier alpha value is -3.91. The predicted octanol–water partition coefficient (Wildman–Crippen LogP) is 3.83. The molecule has 8 nitrogen and oxygen atoms in total. The first-order chi connectivity index (χ1) is 16.9. The van der Waals surface area contributed by atoms with Crippen LogP contribution in [0.15, 0.2) is 67.3 Å². The van der Waals surface area contributed by atoms with Crippen LogP contribution in [0.4, 0.5) is 5.69 Å². The minimum atomic E-state index is -0.596. The largest absolute Gasteiger partial charge is 0.394 e. The van der Waals surface area contributed by atoms with Gasteiger partial charge in [0.05, 0.1) is 24.5 Å². The van der Waals surface area contributed by atoms with Gasteiger partial charge in [0, 0.05) is 31.0 Å². The number of aromatic nitrogens is 3. The van der Waals surface area contributed by atoms with Crippen molar-refractivity contribution in [1.82, 2.24) is 14.1 Å². The fourth-order valence-electron chi connectivity index (χ4n) is 4.17. The molecular weight excluding hydrogens is 442 g/mol. The molecule has 0 aliphatic carbocycles. The zero-order valence-electron chi connectivity index (χ0n) is 19.9. The van der Waals surface area contributed by atoms with E-state index in [1.54, 1.807) is 10.8 Å². The first kappa shape index (κ1) is 24.2.